The number of hydrazine groups is 1. The van der Waals surface area contributed by atoms with Crippen molar-refractivity contribution in [2.75, 3.05) is 32.7 Å². The van der Waals surface area contributed by atoms with Crippen molar-refractivity contribution in [3.05, 3.63) is 65.2 Å². The number of nitrogens with one attached hydrogen (secondary N) is 3. The first-order valence-electron chi connectivity index (χ1n) is 12.1. The Balaban J connectivity index is 1.24. The first-order valence-corrected chi connectivity index (χ1v) is 12.1. The maximum Gasteiger partial charge on any atom is 0.256 e. The lowest BCUT2D eigenvalue weighted by atomic mass is 9.82. The Morgan fingerprint density at radius 1 is 1.09 bits per heavy atom. The number of carbonyl (C=O) groups is 3. The number of piperazine rings is 1. The summed E-state index contributed by atoms with van der Waals surface area (Å²) in [5, 5.41) is 3.44. The van der Waals surface area contributed by atoms with Gasteiger partial charge in [-0.1, -0.05) is 6.07 Å². The molecule has 3 unspecified atom stereocenters. The molecule has 4 heterocycles. The Kier molecular flexibility index (Phi) is 6.74. The first kappa shape index (κ1) is 23.4. The van der Waals surface area contributed by atoms with Gasteiger partial charge in [-0.25, -0.2) is 9.82 Å². The fourth-order valence-electron chi connectivity index (χ4n) is 5.23. The lowest BCUT2D eigenvalue weighted by Gasteiger charge is -2.41. The van der Waals surface area contributed by atoms with E-state index in [0.717, 1.165) is 24.9 Å². The fourth-order valence-corrected chi connectivity index (χ4v) is 5.23. The maximum atomic E-state index is 14.7. The number of rotatable bonds is 4. The average molecular weight is 481 g/mol. The van der Waals surface area contributed by atoms with Gasteiger partial charge in [0.05, 0.1) is 17.0 Å². The number of hydrogen-bond acceptors (Lipinski definition) is 6. The molecule has 9 nitrogen and oxygen atoms in total. The summed E-state index contributed by atoms with van der Waals surface area (Å²) in [6, 6.07) is 7.99. The van der Waals surface area contributed by atoms with E-state index in [0.29, 0.717) is 38.2 Å². The van der Waals surface area contributed by atoms with Gasteiger partial charge in [0.1, 0.15) is 5.82 Å². The van der Waals surface area contributed by atoms with Gasteiger partial charge in [0, 0.05) is 50.7 Å². The van der Waals surface area contributed by atoms with Crippen LogP contribution in [0.1, 0.15) is 39.1 Å². The van der Waals surface area contributed by atoms with E-state index in [1.807, 2.05) is 0 Å². The van der Waals surface area contributed by atoms with Crippen molar-refractivity contribution >= 4 is 17.7 Å². The molecule has 184 valence electrons. The van der Waals surface area contributed by atoms with E-state index in [-0.39, 0.29) is 41.3 Å². The molecule has 35 heavy (non-hydrogen) atoms. The quantitative estimate of drug-likeness (QED) is 0.596. The summed E-state index contributed by atoms with van der Waals surface area (Å²) in [5.41, 5.74) is 7.20. The van der Waals surface area contributed by atoms with Gasteiger partial charge in [-0.05, 0) is 55.6 Å². The largest absolute Gasteiger partial charge is 0.335 e. The van der Waals surface area contributed by atoms with E-state index >= 15 is 0 Å². The highest BCUT2D eigenvalue weighted by Crippen LogP contribution is 2.24. The number of carbonyl (C=O) groups excluding carboxylic acids is 3. The molecule has 0 bridgehead atoms. The molecule has 0 radical (unpaired) electrons. The SMILES string of the molecule is O=C1NNC(Cc2ccc(F)c(C(=O)N3CCN(C(=O)c4cccnc4)CC3)c2)C2NCCCC12. The minimum Gasteiger partial charge on any atom is -0.335 e. The standard InChI is InChI=1S/C25H29FN6O3/c26-20-6-5-16(14-21-22-18(4-2-8-28-22)23(33)30-29-21)13-19(20)25(35)32-11-9-31(10-12-32)24(34)17-3-1-7-27-15-17/h1,3,5-7,13,15,18,21-22,28-29H,2,4,8-12,14H2,(H,30,33). The Morgan fingerprint density at radius 2 is 1.86 bits per heavy atom. The Labute approximate surface area is 203 Å². The zero-order valence-corrected chi connectivity index (χ0v) is 19.4. The van der Waals surface area contributed by atoms with E-state index in [4.69, 9.17) is 0 Å². The maximum absolute atomic E-state index is 14.7. The molecule has 3 saturated heterocycles. The topological polar surface area (TPSA) is 107 Å². The van der Waals surface area contributed by atoms with Gasteiger partial charge in [0.15, 0.2) is 0 Å². The molecule has 3 aliphatic rings. The second-order valence-corrected chi connectivity index (χ2v) is 9.31. The fraction of sp³-hybridized carbons (Fsp3) is 0.440. The van der Waals surface area contributed by atoms with Crippen molar-refractivity contribution in [3.63, 3.8) is 0 Å². The molecule has 0 aliphatic carbocycles. The van der Waals surface area contributed by atoms with Gasteiger partial charge in [-0.3, -0.25) is 24.8 Å². The van der Waals surface area contributed by atoms with Crippen LogP contribution in [0, 0.1) is 11.7 Å². The van der Waals surface area contributed by atoms with Crippen molar-refractivity contribution in [2.24, 2.45) is 5.92 Å². The van der Waals surface area contributed by atoms with Gasteiger partial charge in [-0.15, -0.1) is 0 Å². The molecule has 0 spiro atoms. The van der Waals surface area contributed by atoms with E-state index in [1.54, 1.807) is 40.3 Å². The van der Waals surface area contributed by atoms with Crippen LogP contribution in [-0.4, -0.2) is 77.3 Å². The molecule has 3 atom stereocenters. The van der Waals surface area contributed by atoms with Crippen LogP contribution in [0.3, 0.4) is 0 Å². The Hall–Kier alpha value is -3.37. The smallest absolute Gasteiger partial charge is 0.256 e. The third kappa shape index (κ3) is 4.89. The number of nitrogens with zero attached hydrogens (tertiary/aromatic N) is 3. The minimum absolute atomic E-state index is 0.00502. The highest BCUT2D eigenvalue weighted by atomic mass is 19.1. The second-order valence-electron chi connectivity index (χ2n) is 9.31. The van der Waals surface area contributed by atoms with Crippen molar-refractivity contribution < 1.29 is 18.8 Å². The minimum atomic E-state index is -0.564. The van der Waals surface area contributed by atoms with Crippen LogP contribution >= 0.6 is 0 Å². The molecule has 1 aromatic heterocycles. The van der Waals surface area contributed by atoms with Crippen molar-refractivity contribution in [2.45, 2.75) is 31.3 Å². The third-order valence-electron chi connectivity index (χ3n) is 7.14. The zero-order chi connectivity index (χ0) is 24.4. The normalized spacial score (nSPS) is 24.5. The molecule has 10 heteroatoms. The predicted octanol–water partition coefficient (Wildman–Crippen LogP) is 0.733. The van der Waals surface area contributed by atoms with E-state index in [2.05, 4.69) is 21.2 Å². The van der Waals surface area contributed by atoms with Gasteiger partial charge in [0.25, 0.3) is 11.8 Å². The highest BCUT2D eigenvalue weighted by molar-refractivity contribution is 5.96. The number of pyridine rings is 1. The van der Waals surface area contributed by atoms with Gasteiger partial charge in [0.2, 0.25) is 5.91 Å². The first-order chi connectivity index (χ1) is 17.0. The summed E-state index contributed by atoms with van der Waals surface area (Å²) in [5.74, 6) is -1.17. The van der Waals surface area contributed by atoms with Crippen molar-refractivity contribution in [3.8, 4) is 0 Å². The van der Waals surface area contributed by atoms with Crippen LogP contribution in [0.4, 0.5) is 4.39 Å². The van der Waals surface area contributed by atoms with Gasteiger partial charge in [-0.2, -0.15) is 0 Å². The summed E-state index contributed by atoms with van der Waals surface area (Å²) in [6.07, 6.45) is 5.48. The Morgan fingerprint density at radius 3 is 2.60 bits per heavy atom. The number of benzene rings is 1. The van der Waals surface area contributed by atoms with Crippen LogP contribution in [0.2, 0.25) is 0 Å². The summed E-state index contributed by atoms with van der Waals surface area (Å²) >= 11 is 0. The monoisotopic (exact) mass is 480 g/mol. The van der Waals surface area contributed by atoms with Crippen LogP contribution in [0.5, 0.6) is 0 Å². The number of aromatic nitrogens is 1. The molecule has 3 amide bonds. The van der Waals surface area contributed by atoms with Crippen molar-refractivity contribution in [1.29, 1.82) is 0 Å². The molecular weight excluding hydrogens is 451 g/mol. The summed E-state index contributed by atoms with van der Waals surface area (Å²) in [4.78, 5) is 45.3. The van der Waals surface area contributed by atoms with Gasteiger partial charge >= 0.3 is 0 Å². The predicted molar refractivity (Wildman–Crippen MR) is 126 cm³/mol. The average Bonchev–Trinajstić information content (AvgIpc) is 2.91. The number of amides is 3. The molecule has 5 rings (SSSR count). The van der Waals surface area contributed by atoms with E-state index < -0.39 is 5.82 Å². The number of hydrogen-bond donors (Lipinski definition) is 3. The lowest BCUT2D eigenvalue weighted by Crippen LogP contribution is -2.67. The molecule has 3 fully saturated rings. The Bertz CT molecular complexity index is 1110. The highest BCUT2D eigenvalue weighted by Gasteiger charge is 2.40. The van der Waals surface area contributed by atoms with Crippen LogP contribution < -0.4 is 16.2 Å². The number of piperidine rings is 1. The lowest BCUT2D eigenvalue weighted by molar-refractivity contribution is -0.131. The van der Waals surface area contributed by atoms with Crippen LogP contribution in [0.15, 0.2) is 42.7 Å². The van der Waals surface area contributed by atoms with Gasteiger partial charge < -0.3 is 15.1 Å². The van der Waals surface area contributed by atoms with E-state index in [1.165, 1.54) is 12.3 Å². The second kappa shape index (κ2) is 10.1. The molecule has 3 N–H and O–H groups in total. The molecular formula is C25H29FN6O3. The number of halogens is 1. The van der Waals surface area contributed by atoms with Crippen LogP contribution in [-0.2, 0) is 11.2 Å². The number of fused-ring (bicyclic) bond motifs is 1. The molecule has 1 aromatic carbocycles. The molecule has 3 aliphatic heterocycles. The van der Waals surface area contributed by atoms with Crippen LogP contribution in [0.25, 0.3) is 0 Å². The zero-order valence-electron chi connectivity index (χ0n) is 19.4. The third-order valence-corrected chi connectivity index (χ3v) is 7.14. The molecule has 0 saturated carbocycles. The molecule has 2 aromatic rings. The summed E-state index contributed by atoms with van der Waals surface area (Å²) < 4.78 is 14.7. The summed E-state index contributed by atoms with van der Waals surface area (Å²) in [6.45, 7) is 2.27. The van der Waals surface area contributed by atoms with Crippen molar-refractivity contribution in [1.82, 2.24) is 31.0 Å². The van der Waals surface area contributed by atoms with E-state index in [9.17, 15) is 18.8 Å². The summed E-state index contributed by atoms with van der Waals surface area (Å²) in [7, 11) is 0.